The van der Waals surface area contributed by atoms with E-state index in [0.29, 0.717) is 17.1 Å². The van der Waals surface area contributed by atoms with Crippen molar-refractivity contribution in [3.63, 3.8) is 0 Å². The molecule has 3 rings (SSSR count). The van der Waals surface area contributed by atoms with Crippen LogP contribution in [0.4, 0.5) is 5.69 Å². The van der Waals surface area contributed by atoms with Gasteiger partial charge in [0.15, 0.2) is 0 Å². The quantitative estimate of drug-likeness (QED) is 0.798. The maximum Gasteiger partial charge on any atom is 0.276 e. The summed E-state index contributed by atoms with van der Waals surface area (Å²) in [5, 5.41) is 3.73. The molecule has 3 aromatic rings. The minimum atomic E-state index is -0.227. The molecule has 0 aliphatic rings. The number of carbonyl (C=O) groups excluding carboxylic acids is 1. The maximum atomic E-state index is 12.4. The SMILES string of the molecule is COc1cc(C)ccc1NC(=O)c1nsc2ccccc12. The van der Waals surface area contributed by atoms with Crippen molar-refractivity contribution in [3.8, 4) is 5.75 Å². The molecule has 0 fully saturated rings. The molecule has 106 valence electrons. The van der Waals surface area contributed by atoms with Crippen LogP contribution in [-0.4, -0.2) is 17.4 Å². The fourth-order valence-corrected chi connectivity index (χ4v) is 2.91. The van der Waals surface area contributed by atoms with Crippen LogP contribution in [0.25, 0.3) is 10.1 Å². The number of ether oxygens (including phenoxy) is 1. The second-order valence-corrected chi connectivity index (χ2v) is 5.49. The lowest BCUT2D eigenvalue weighted by Gasteiger charge is -2.10. The molecule has 0 spiro atoms. The van der Waals surface area contributed by atoms with Gasteiger partial charge in [-0.05, 0) is 42.2 Å². The molecule has 1 heterocycles. The molecule has 2 aromatic carbocycles. The minimum Gasteiger partial charge on any atom is -0.495 e. The largest absolute Gasteiger partial charge is 0.495 e. The van der Waals surface area contributed by atoms with E-state index in [-0.39, 0.29) is 5.91 Å². The van der Waals surface area contributed by atoms with Gasteiger partial charge in [0.05, 0.1) is 17.5 Å². The molecule has 0 bridgehead atoms. The minimum absolute atomic E-state index is 0.227. The fraction of sp³-hybridized carbons (Fsp3) is 0.125. The van der Waals surface area contributed by atoms with Crippen molar-refractivity contribution in [2.75, 3.05) is 12.4 Å². The Kier molecular flexibility index (Phi) is 3.58. The van der Waals surface area contributed by atoms with Gasteiger partial charge in [-0.3, -0.25) is 4.79 Å². The molecular weight excluding hydrogens is 284 g/mol. The van der Waals surface area contributed by atoms with Crippen LogP contribution in [0.15, 0.2) is 42.5 Å². The monoisotopic (exact) mass is 298 g/mol. The average molecular weight is 298 g/mol. The van der Waals surface area contributed by atoms with Crippen LogP contribution in [-0.2, 0) is 0 Å². The lowest BCUT2D eigenvalue weighted by atomic mass is 10.2. The van der Waals surface area contributed by atoms with E-state index in [2.05, 4.69) is 9.69 Å². The van der Waals surface area contributed by atoms with Crippen molar-refractivity contribution in [2.24, 2.45) is 0 Å². The Morgan fingerprint density at radius 3 is 2.86 bits per heavy atom. The summed E-state index contributed by atoms with van der Waals surface area (Å²) in [6.07, 6.45) is 0. The summed E-state index contributed by atoms with van der Waals surface area (Å²) in [7, 11) is 1.59. The van der Waals surface area contributed by atoms with Gasteiger partial charge >= 0.3 is 0 Å². The normalized spacial score (nSPS) is 10.6. The predicted molar refractivity (Wildman–Crippen MR) is 85.3 cm³/mol. The number of amides is 1. The number of aromatic nitrogens is 1. The number of rotatable bonds is 3. The van der Waals surface area contributed by atoms with Gasteiger partial charge in [0.25, 0.3) is 5.91 Å². The highest BCUT2D eigenvalue weighted by atomic mass is 32.1. The van der Waals surface area contributed by atoms with E-state index < -0.39 is 0 Å². The highest BCUT2D eigenvalue weighted by Crippen LogP contribution is 2.27. The molecule has 0 saturated carbocycles. The second-order valence-electron chi connectivity index (χ2n) is 4.69. The van der Waals surface area contributed by atoms with Crippen molar-refractivity contribution in [1.29, 1.82) is 0 Å². The van der Waals surface area contributed by atoms with Crippen LogP contribution in [0.5, 0.6) is 5.75 Å². The summed E-state index contributed by atoms with van der Waals surface area (Å²) < 4.78 is 10.6. The lowest BCUT2D eigenvalue weighted by Crippen LogP contribution is -2.13. The zero-order valence-electron chi connectivity index (χ0n) is 11.7. The van der Waals surface area contributed by atoms with Crippen LogP contribution >= 0.6 is 11.5 Å². The standard InChI is InChI=1S/C16H14N2O2S/c1-10-7-8-12(13(9-10)20-2)17-16(19)15-11-5-3-4-6-14(11)21-18-15/h3-9H,1-2H3,(H,17,19). The zero-order chi connectivity index (χ0) is 14.8. The first-order chi connectivity index (χ1) is 10.2. The molecule has 21 heavy (non-hydrogen) atoms. The van der Waals surface area contributed by atoms with Gasteiger partial charge in [0.2, 0.25) is 0 Å². The molecule has 0 aliphatic carbocycles. The molecule has 1 amide bonds. The molecule has 0 unspecified atom stereocenters. The highest BCUT2D eigenvalue weighted by Gasteiger charge is 2.15. The van der Waals surface area contributed by atoms with Crippen molar-refractivity contribution in [3.05, 3.63) is 53.7 Å². The van der Waals surface area contributed by atoms with E-state index in [1.54, 1.807) is 7.11 Å². The third kappa shape index (κ3) is 2.60. The lowest BCUT2D eigenvalue weighted by molar-refractivity contribution is 0.102. The Labute approximate surface area is 126 Å². The molecule has 0 saturated heterocycles. The highest BCUT2D eigenvalue weighted by molar-refractivity contribution is 7.13. The number of benzene rings is 2. The van der Waals surface area contributed by atoms with E-state index >= 15 is 0 Å². The summed E-state index contributed by atoms with van der Waals surface area (Å²) >= 11 is 1.32. The van der Waals surface area contributed by atoms with Gasteiger partial charge in [0.1, 0.15) is 11.4 Å². The smallest absolute Gasteiger partial charge is 0.276 e. The third-order valence-corrected chi connectivity index (χ3v) is 4.02. The van der Waals surface area contributed by atoms with Gasteiger partial charge in [0, 0.05) is 5.39 Å². The van der Waals surface area contributed by atoms with E-state index in [9.17, 15) is 4.79 Å². The van der Waals surface area contributed by atoms with Crippen molar-refractivity contribution in [1.82, 2.24) is 4.37 Å². The Balaban J connectivity index is 1.93. The molecule has 5 heteroatoms. The topological polar surface area (TPSA) is 51.2 Å². The molecule has 1 N–H and O–H groups in total. The van der Waals surface area contributed by atoms with Gasteiger partial charge < -0.3 is 10.1 Å². The van der Waals surface area contributed by atoms with Gasteiger partial charge in [-0.25, -0.2) is 0 Å². The summed E-state index contributed by atoms with van der Waals surface area (Å²) in [5.41, 5.74) is 2.16. The van der Waals surface area contributed by atoms with E-state index in [1.807, 2.05) is 49.4 Å². The first-order valence-corrected chi connectivity index (χ1v) is 7.27. The van der Waals surface area contributed by atoms with Crippen molar-refractivity contribution >= 4 is 33.2 Å². The number of hydrogen-bond donors (Lipinski definition) is 1. The Hall–Kier alpha value is -2.40. The van der Waals surface area contributed by atoms with Crippen molar-refractivity contribution in [2.45, 2.75) is 6.92 Å². The third-order valence-electron chi connectivity index (χ3n) is 3.20. The summed E-state index contributed by atoms with van der Waals surface area (Å²) in [5.74, 6) is 0.414. The maximum absolute atomic E-state index is 12.4. The molecular formula is C16H14N2O2S. The number of hydrogen-bond acceptors (Lipinski definition) is 4. The Morgan fingerprint density at radius 1 is 1.24 bits per heavy atom. The Bertz CT molecular complexity index is 811. The summed E-state index contributed by atoms with van der Waals surface area (Å²) in [6, 6.07) is 13.3. The van der Waals surface area contributed by atoms with E-state index in [4.69, 9.17) is 4.74 Å². The first kappa shape index (κ1) is 13.6. The predicted octanol–water partition coefficient (Wildman–Crippen LogP) is 3.87. The van der Waals surface area contributed by atoms with Crippen LogP contribution in [0.3, 0.4) is 0 Å². The number of aryl methyl sites for hydroxylation is 1. The first-order valence-electron chi connectivity index (χ1n) is 6.49. The molecule has 4 nitrogen and oxygen atoms in total. The van der Waals surface area contributed by atoms with Crippen LogP contribution in [0.1, 0.15) is 16.1 Å². The van der Waals surface area contributed by atoms with E-state index in [1.165, 1.54) is 11.5 Å². The molecule has 0 radical (unpaired) electrons. The van der Waals surface area contributed by atoms with Crippen LogP contribution in [0.2, 0.25) is 0 Å². The number of fused-ring (bicyclic) bond motifs is 1. The van der Waals surface area contributed by atoms with Gasteiger partial charge in [-0.1, -0.05) is 24.3 Å². The molecule has 1 aromatic heterocycles. The molecule has 0 atom stereocenters. The van der Waals surface area contributed by atoms with Gasteiger partial charge in [-0.2, -0.15) is 4.37 Å². The van der Waals surface area contributed by atoms with Crippen LogP contribution < -0.4 is 10.1 Å². The Morgan fingerprint density at radius 2 is 2.05 bits per heavy atom. The van der Waals surface area contributed by atoms with Crippen LogP contribution in [0, 0.1) is 6.92 Å². The number of methoxy groups -OCH3 is 1. The average Bonchev–Trinajstić information content (AvgIpc) is 2.93. The zero-order valence-corrected chi connectivity index (χ0v) is 12.5. The number of nitrogens with one attached hydrogen (secondary N) is 1. The number of anilines is 1. The van der Waals surface area contributed by atoms with Crippen molar-refractivity contribution < 1.29 is 9.53 Å². The number of carbonyl (C=O) groups is 1. The molecule has 0 aliphatic heterocycles. The second kappa shape index (κ2) is 5.54. The van der Waals surface area contributed by atoms with Gasteiger partial charge in [-0.15, -0.1) is 0 Å². The van der Waals surface area contributed by atoms with E-state index in [0.717, 1.165) is 15.6 Å². The number of nitrogens with zero attached hydrogens (tertiary/aromatic N) is 1. The fourth-order valence-electron chi connectivity index (χ4n) is 2.13. The summed E-state index contributed by atoms with van der Waals surface area (Å²) in [6.45, 7) is 1.97. The summed E-state index contributed by atoms with van der Waals surface area (Å²) in [4.78, 5) is 12.4.